The Hall–Kier alpha value is -4.50. The number of aromatic nitrogens is 2. The average Bonchev–Trinajstić information content (AvgIpc) is 3.34. The third-order valence-electron chi connectivity index (χ3n) is 6.99. The van der Waals surface area contributed by atoms with E-state index in [1.807, 2.05) is 18.2 Å². The Morgan fingerprint density at radius 3 is 2.35 bits per heavy atom. The predicted octanol–water partition coefficient (Wildman–Crippen LogP) is 4.40. The second-order valence-electron chi connectivity index (χ2n) is 9.30. The Bertz CT molecular complexity index is 1880. The molecule has 8 nitrogen and oxygen atoms in total. The van der Waals surface area contributed by atoms with Crippen molar-refractivity contribution in [2.24, 2.45) is 0 Å². The highest BCUT2D eigenvalue weighted by molar-refractivity contribution is 7.89. The minimum absolute atomic E-state index is 0.0452. The van der Waals surface area contributed by atoms with Crippen molar-refractivity contribution in [3.05, 3.63) is 96.3 Å². The minimum Gasteiger partial charge on any atom is -0.398 e. The molecule has 9 heteroatoms. The Morgan fingerprint density at radius 2 is 1.62 bits per heavy atom. The standard InChI is InChI=1S/C28H22N4O4S/c1-28(25-20(29)12-8-14-23(25)31(27(28)34)17-9-4-3-5-10-17)26(33)21-15-19-18-11-6-7-13-22(18)32(37(2,35)36)24(19)16-30-21/h3-16H,29H2,1-2H3. The van der Waals surface area contributed by atoms with Crippen LogP contribution in [0.1, 0.15) is 23.0 Å². The molecule has 1 amide bonds. The second-order valence-corrected chi connectivity index (χ2v) is 11.1. The molecule has 0 saturated heterocycles. The van der Waals surface area contributed by atoms with Crippen molar-refractivity contribution in [1.82, 2.24) is 8.96 Å². The smallest absolute Gasteiger partial charge is 0.250 e. The van der Waals surface area contributed by atoms with Gasteiger partial charge >= 0.3 is 0 Å². The van der Waals surface area contributed by atoms with Gasteiger partial charge < -0.3 is 5.73 Å². The number of fused-ring (bicyclic) bond motifs is 4. The molecule has 1 aliphatic rings. The zero-order chi connectivity index (χ0) is 26.1. The molecule has 0 bridgehead atoms. The van der Waals surface area contributed by atoms with Gasteiger partial charge in [0.15, 0.2) is 0 Å². The topological polar surface area (TPSA) is 115 Å². The van der Waals surface area contributed by atoms with Gasteiger partial charge in [0.1, 0.15) is 11.1 Å². The SMILES string of the molecule is CC1(C(=O)c2cc3c4ccccc4n(S(C)(=O)=O)c3cn2)C(=O)N(c2ccccc2)c2cccc(N)c21. The molecule has 0 radical (unpaired) electrons. The van der Waals surface area contributed by atoms with Gasteiger partial charge in [-0.15, -0.1) is 0 Å². The molecule has 184 valence electrons. The van der Waals surface area contributed by atoms with Crippen molar-refractivity contribution in [1.29, 1.82) is 0 Å². The molecule has 0 spiro atoms. The number of carbonyl (C=O) groups is 2. The van der Waals surface area contributed by atoms with Crippen LogP contribution in [-0.2, 0) is 20.2 Å². The van der Waals surface area contributed by atoms with Gasteiger partial charge in [-0.2, -0.15) is 0 Å². The first kappa shape index (κ1) is 22.9. The fourth-order valence-electron chi connectivity index (χ4n) is 5.34. The molecule has 6 rings (SSSR count). The number of nitrogens with two attached hydrogens (primary N) is 1. The van der Waals surface area contributed by atoms with Crippen LogP contribution in [0.2, 0.25) is 0 Å². The highest BCUT2D eigenvalue weighted by atomic mass is 32.2. The van der Waals surface area contributed by atoms with Gasteiger partial charge in [0.25, 0.3) is 0 Å². The summed E-state index contributed by atoms with van der Waals surface area (Å²) in [6.07, 6.45) is 2.49. The number of hydrogen-bond acceptors (Lipinski definition) is 6. The van der Waals surface area contributed by atoms with E-state index in [1.165, 1.54) is 15.1 Å². The summed E-state index contributed by atoms with van der Waals surface area (Å²) < 4.78 is 26.4. The van der Waals surface area contributed by atoms with Gasteiger partial charge in [-0.1, -0.05) is 42.5 Å². The number of Topliss-reactive ketones (excluding diaryl/α,β-unsaturated/α-hetero) is 1. The van der Waals surface area contributed by atoms with E-state index in [2.05, 4.69) is 4.98 Å². The number of pyridine rings is 1. The van der Waals surface area contributed by atoms with Crippen LogP contribution in [0.15, 0.2) is 85.1 Å². The summed E-state index contributed by atoms with van der Waals surface area (Å²) in [7, 11) is -3.65. The van der Waals surface area contributed by atoms with Crippen LogP contribution >= 0.6 is 0 Å². The molecule has 1 unspecified atom stereocenters. The molecule has 3 heterocycles. The number of nitrogen functional groups attached to an aromatic ring is 1. The molecular weight excluding hydrogens is 488 g/mol. The third kappa shape index (κ3) is 3.14. The lowest BCUT2D eigenvalue weighted by molar-refractivity contribution is -0.120. The van der Waals surface area contributed by atoms with Crippen molar-refractivity contribution < 1.29 is 18.0 Å². The zero-order valence-electron chi connectivity index (χ0n) is 20.0. The number of hydrogen-bond donors (Lipinski definition) is 1. The fraction of sp³-hybridized carbons (Fsp3) is 0.107. The molecule has 2 N–H and O–H groups in total. The van der Waals surface area contributed by atoms with Crippen molar-refractivity contribution in [2.75, 3.05) is 16.9 Å². The first-order valence-corrected chi connectivity index (χ1v) is 13.4. The predicted molar refractivity (Wildman–Crippen MR) is 144 cm³/mol. The van der Waals surface area contributed by atoms with Crippen molar-refractivity contribution in [3.8, 4) is 0 Å². The maximum atomic E-state index is 14.2. The lowest BCUT2D eigenvalue weighted by Gasteiger charge is -2.23. The number of amides is 1. The Kier molecular flexibility index (Phi) is 4.80. The summed E-state index contributed by atoms with van der Waals surface area (Å²) >= 11 is 0. The molecular formula is C28H22N4O4S. The van der Waals surface area contributed by atoms with Gasteiger partial charge in [-0.3, -0.25) is 19.5 Å². The number of rotatable bonds is 4. The Balaban J connectivity index is 1.57. The third-order valence-corrected chi connectivity index (χ3v) is 8.05. The number of nitrogens with zero attached hydrogens (tertiary/aromatic N) is 3. The molecule has 3 aromatic carbocycles. The van der Waals surface area contributed by atoms with Gasteiger partial charge in [0.2, 0.25) is 21.7 Å². The van der Waals surface area contributed by atoms with Crippen molar-refractivity contribution >= 4 is 60.6 Å². The van der Waals surface area contributed by atoms with E-state index in [1.54, 1.807) is 67.6 Å². The van der Waals surface area contributed by atoms with Gasteiger partial charge in [0, 0.05) is 27.7 Å². The number of carbonyl (C=O) groups excluding carboxylic acids is 2. The summed E-state index contributed by atoms with van der Waals surface area (Å²) in [6.45, 7) is 1.57. The zero-order valence-corrected chi connectivity index (χ0v) is 20.9. The minimum atomic E-state index is -3.65. The quantitative estimate of drug-likeness (QED) is 0.218. The molecule has 5 aromatic rings. The fourth-order valence-corrected chi connectivity index (χ4v) is 6.36. The normalized spacial score (nSPS) is 17.5. The number of benzene rings is 3. The highest BCUT2D eigenvalue weighted by Crippen LogP contribution is 2.49. The summed E-state index contributed by atoms with van der Waals surface area (Å²) in [5.41, 5.74) is 7.53. The van der Waals surface area contributed by atoms with Gasteiger partial charge in [0.05, 0.1) is 29.2 Å². The van der Waals surface area contributed by atoms with E-state index in [0.717, 1.165) is 6.26 Å². The lowest BCUT2D eigenvalue weighted by Crippen LogP contribution is -2.43. The maximum Gasteiger partial charge on any atom is 0.250 e. The van der Waals surface area contributed by atoms with Crippen LogP contribution < -0.4 is 10.6 Å². The van der Waals surface area contributed by atoms with Crippen LogP contribution in [0, 0.1) is 0 Å². The Labute approximate surface area is 213 Å². The van der Waals surface area contributed by atoms with Gasteiger partial charge in [-0.05, 0) is 43.3 Å². The van der Waals surface area contributed by atoms with Crippen molar-refractivity contribution in [3.63, 3.8) is 0 Å². The number of ketones is 1. The van der Waals surface area contributed by atoms with Crippen LogP contribution in [0.3, 0.4) is 0 Å². The van der Waals surface area contributed by atoms with Crippen LogP contribution in [0.4, 0.5) is 17.1 Å². The molecule has 37 heavy (non-hydrogen) atoms. The number of para-hydroxylation sites is 2. The molecule has 1 atom stereocenters. The van der Waals surface area contributed by atoms with E-state index in [-0.39, 0.29) is 5.69 Å². The molecule has 0 fully saturated rings. The summed E-state index contributed by atoms with van der Waals surface area (Å²) in [4.78, 5) is 34.0. The lowest BCUT2D eigenvalue weighted by atomic mass is 9.77. The summed E-state index contributed by atoms with van der Waals surface area (Å²) in [6, 6.07) is 22.9. The molecule has 1 aliphatic heterocycles. The molecule has 0 saturated carbocycles. The monoisotopic (exact) mass is 510 g/mol. The largest absolute Gasteiger partial charge is 0.398 e. The van der Waals surface area contributed by atoms with E-state index < -0.39 is 27.1 Å². The van der Waals surface area contributed by atoms with E-state index in [0.29, 0.717) is 44.4 Å². The first-order valence-electron chi connectivity index (χ1n) is 11.6. The van der Waals surface area contributed by atoms with Crippen LogP contribution in [-0.4, -0.2) is 35.3 Å². The second kappa shape index (κ2) is 7.75. The highest BCUT2D eigenvalue weighted by Gasteiger charge is 2.55. The Morgan fingerprint density at radius 1 is 0.919 bits per heavy atom. The average molecular weight is 511 g/mol. The summed E-state index contributed by atoms with van der Waals surface area (Å²) in [5.74, 6) is -0.953. The summed E-state index contributed by atoms with van der Waals surface area (Å²) in [5, 5.41) is 1.21. The van der Waals surface area contributed by atoms with Crippen LogP contribution in [0.25, 0.3) is 21.8 Å². The van der Waals surface area contributed by atoms with Crippen molar-refractivity contribution in [2.45, 2.75) is 12.3 Å². The molecule has 0 aliphatic carbocycles. The van der Waals surface area contributed by atoms with E-state index in [4.69, 9.17) is 5.73 Å². The van der Waals surface area contributed by atoms with E-state index >= 15 is 0 Å². The van der Waals surface area contributed by atoms with Gasteiger partial charge in [-0.25, -0.2) is 12.4 Å². The van der Waals surface area contributed by atoms with Crippen LogP contribution in [0.5, 0.6) is 0 Å². The molecule has 2 aromatic heterocycles. The van der Waals surface area contributed by atoms with E-state index in [9.17, 15) is 18.0 Å². The number of anilines is 3. The first-order chi connectivity index (χ1) is 17.6. The maximum absolute atomic E-state index is 14.2.